The van der Waals surface area contributed by atoms with E-state index in [4.69, 9.17) is 5.11 Å². The van der Waals surface area contributed by atoms with Crippen LogP contribution >= 0.6 is 0 Å². The van der Waals surface area contributed by atoms with E-state index >= 15 is 0 Å². The molecule has 0 aliphatic carbocycles. The highest BCUT2D eigenvalue weighted by molar-refractivity contribution is 5.83. The Hall–Kier alpha value is -1.84. The van der Waals surface area contributed by atoms with Gasteiger partial charge in [-0.05, 0) is 12.5 Å². The van der Waals surface area contributed by atoms with Crippen LogP contribution in [-0.4, -0.2) is 17.0 Å². The fourth-order valence-electron chi connectivity index (χ4n) is 1.25. The predicted molar refractivity (Wildman–Crippen MR) is 55.4 cm³/mol. The van der Waals surface area contributed by atoms with E-state index in [-0.39, 0.29) is 5.91 Å². The van der Waals surface area contributed by atoms with Crippen molar-refractivity contribution < 1.29 is 14.7 Å². The van der Waals surface area contributed by atoms with Crippen molar-refractivity contribution in [3.05, 3.63) is 35.4 Å². The van der Waals surface area contributed by atoms with E-state index in [0.29, 0.717) is 5.56 Å². The van der Waals surface area contributed by atoms with Crippen LogP contribution in [0.3, 0.4) is 0 Å². The largest absolute Gasteiger partial charge is 0.479 e. The van der Waals surface area contributed by atoms with E-state index in [2.05, 4.69) is 5.32 Å². The molecule has 1 aromatic rings. The van der Waals surface area contributed by atoms with Gasteiger partial charge in [-0.15, -0.1) is 0 Å². The highest BCUT2D eigenvalue weighted by atomic mass is 16.4. The molecular formula is C11H13NO3. The van der Waals surface area contributed by atoms with Gasteiger partial charge < -0.3 is 10.4 Å². The summed E-state index contributed by atoms with van der Waals surface area (Å²) in [6, 6.07) is 6.05. The molecule has 0 spiro atoms. The summed E-state index contributed by atoms with van der Waals surface area (Å²) in [6.45, 7) is 3.21. The van der Waals surface area contributed by atoms with Crippen molar-refractivity contribution in [1.82, 2.24) is 5.32 Å². The van der Waals surface area contributed by atoms with Crippen molar-refractivity contribution >= 4 is 11.9 Å². The Labute approximate surface area is 87.9 Å². The molecule has 0 aliphatic rings. The van der Waals surface area contributed by atoms with Gasteiger partial charge in [-0.2, -0.15) is 0 Å². The van der Waals surface area contributed by atoms with Crippen molar-refractivity contribution in [2.45, 2.75) is 19.9 Å². The van der Waals surface area contributed by atoms with Gasteiger partial charge in [0.2, 0.25) is 5.91 Å². The number of carboxylic acids is 1. The van der Waals surface area contributed by atoms with Crippen LogP contribution in [0.4, 0.5) is 0 Å². The first-order chi connectivity index (χ1) is 7.00. The number of hydrogen-bond donors (Lipinski definition) is 2. The lowest BCUT2D eigenvalue weighted by Gasteiger charge is -2.13. The van der Waals surface area contributed by atoms with Gasteiger partial charge in [0.1, 0.15) is 0 Å². The van der Waals surface area contributed by atoms with E-state index in [9.17, 15) is 9.59 Å². The van der Waals surface area contributed by atoms with Crippen LogP contribution in [-0.2, 0) is 9.59 Å². The first-order valence-electron chi connectivity index (χ1n) is 4.57. The molecule has 15 heavy (non-hydrogen) atoms. The Kier molecular flexibility index (Phi) is 3.44. The number of nitrogens with one attached hydrogen (secondary N) is 1. The van der Waals surface area contributed by atoms with Crippen LogP contribution in [0.1, 0.15) is 24.1 Å². The Morgan fingerprint density at radius 3 is 2.20 bits per heavy atom. The molecule has 0 aliphatic heterocycles. The summed E-state index contributed by atoms with van der Waals surface area (Å²) < 4.78 is 0. The van der Waals surface area contributed by atoms with Gasteiger partial charge in [0.05, 0.1) is 0 Å². The molecule has 4 nitrogen and oxygen atoms in total. The summed E-state index contributed by atoms with van der Waals surface area (Å²) in [5.74, 6) is -1.42. The highest BCUT2D eigenvalue weighted by Gasteiger charge is 2.19. The number of carbonyl (C=O) groups excluding carboxylic acids is 1. The lowest BCUT2D eigenvalue weighted by Crippen LogP contribution is -2.31. The van der Waals surface area contributed by atoms with Crippen LogP contribution in [0, 0.1) is 6.92 Å². The summed E-state index contributed by atoms with van der Waals surface area (Å²) in [5, 5.41) is 11.3. The second-order valence-electron chi connectivity index (χ2n) is 3.38. The SMILES string of the molecule is CC(=O)N[C@H](C(=O)O)c1ccc(C)cc1. The minimum absolute atomic E-state index is 0.358. The molecule has 4 heteroatoms. The normalized spacial score (nSPS) is 11.9. The van der Waals surface area contributed by atoms with E-state index in [1.54, 1.807) is 12.1 Å². The van der Waals surface area contributed by atoms with Crippen LogP contribution in [0.5, 0.6) is 0 Å². The Morgan fingerprint density at radius 1 is 1.27 bits per heavy atom. The molecule has 0 saturated carbocycles. The molecule has 2 N–H and O–H groups in total. The number of rotatable bonds is 3. The van der Waals surface area contributed by atoms with Crippen molar-refractivity contribution in [3.63, 3.8) is 0 Å². The molecule has 1 aromatic carbocycles. The van der Waals surface area contributed by atoms with E-state index in [1.165, 1.54) is 6.92 Å². The lowest BCUT2D eigenvalue weighted by molar-refractivity contribution is -0.141. The summed E-state index contributed by atoms with van der Waals surface area (Å²) in [7, 11) is 0. The van der Waals surface area contributed by atoms with Crippen molar-refractivity contribution in [2.75, 3.05) is 0 Å². The molecule has 1 atom stereocenters. The van der Waals surface area contributed by atoms with E-state index in [0.717, 1.165) is 5.56 Å². The minimum atomic E-state index is -1.06. The third-order valence-electron chi connectivity index (χ3n) is 2.01. The molecule has 0 radical (unpaired) electrons. The number of amides is 1. The summed E-state index contributed by atoms with van der Waals surface area (Å²) in [5.41, 5.74) is 1.62. The molecule has 0 heterocycles. The fraction of sp³-hybridized carbons (Fsp3) is 0.273. The molecule has 0 fully saturated rings. The molecular weight excluding hydrogens is 194 g/mol. The van der Waals surface area contributed by atoms with Crippen LogP contribution < -0.4 is 5.32 Å². The van der Waals surface area contributed by atoms with Gasteiger partial charge in [0.15, 0.2) is 6.04 Å². The topological polar surface area (TPSA) is 66.4 Å². The van der Waals surface area contributed by atoms with Gasteiger partial charge in [0, 0.05) is 6.92 Å². The lowest BCUT2D eigenvalue weighted by atomic mass is 10.1. The summed E-state index contributed by atoms with van der Waals surface area (Å²) in [6.07, 6.45) is 0. The molecule has 0 bridgehead atoms. The predicted octanol–water partition coefficient (Wildman–Crippen LogP) is 1.26. The van der Waals surface area contributed by atoms with Crippen LogP contribution in [0.2, 0.25) is 0 Å². The standard InChI is InChI=1S/C11H13NO3/c1-7-3-5-9(6-4-7)10(11(14)15)12-8(2)13/h3-6,10H,1-2H3,(H,12,13)(H,14,15)/t10-/m0/s1. The first kappa shape index (κ1) is 11.2. The van der Waals surface area contributed by atoms with Gasteiger partial charge in [-0.1, -0.05) is 29.8 Å². The highest BCUT2D eigenvalue weighted by Crippen LogP contribution is 2.13. The summed E-state index contributed by atoms with van der Waals surface area (Å²) in [4.78, 5) is 21.7. The zero-order chi connectivity index (χ0) is 11.4. The molecule has 0 aromatic heterocycles. The maximum atomic E-state index is 10.9. The second kappa shape index (κ2) is 4.59. The zero-order valence-corrected chi connectivity index (χ0v) is 8.65. The average Bonchev–Trinajstić information content (AvgIpc) is 2.15. The molecule has 1 rings (SSSR count). The third kappa shape index (κ3) is 3.09. The number of aliphatic carboxylic acids is 1. The van der Waals surface area contributed by atoms with Gasteiger partial charge in [-0.25, -0.2) is 4.79 Å². The van der Waals surface area contributed by atoms with Crippen LogP contribution in [0.25, 0.3) is 0 Å². The maximum absolute atomic E-state index is 10.9. The number of benzene rings is 1. The number of carbonyl (C=O) groups is 2. The van der Waals surface area contributed by atoms with Crippen molar-refractivity contribution in [3.8, 4) is 0 Å². The molecule has 0 saturated heterocycles. The monoisotopic (exact) mass is 207 g/mol. The average molecular weight is 207 g/mol. The fourth-order valence-corrected chi connectivity index (χ4v) is 1.25. The number of carboxylic acid groups (broad SMARTS) is 1. The molecule has 1 amide bonds. The Balaban J connectivity index is 2.94. The van der Waals surface area contributed by atoms with E-state index < -0.39 is 12.0 Å². The minimum Gasteiger partial charge on any atom is -0.479 e. The summed E-state index contributed by atoms with van der Waals surface area (Å²) >= 11 is 0. The van der Waals surface area contributed by atoms with Gasteiger partial charge >= 0.3 is 5.97 Å². The van der Waals surface area contributed by atoms with Crippen LogP contribution in [0.15, 0.2) is 24.3 Å². The second-order valence-corrected chi connectivity index (χ2v) is 3.38. The van der Waals surface area contributed by atoms with E-state index in [1.807, 2.05) is 19.1 Å². The molecule has 80 valence electrons. The zero-order valence-electron chi connectivity index (χ0n) is 8.65. The maximum Gasteiger partial charge on any atom is 0.330 e. The molecule has 0 unspecified atom stereocenters. The Morgan fingerprint density at radius 2 is 1.80 bits per heavy atom. The quantitative estimate of drug-likeness (QED) is 0.784. The first-order valence-corrected chi connectivity index (χ1v) is 4.57. The van der Waals surface area contributed by atoms with Crippen molar-refractivity contribution in [2.24, 2.45) is 0 Å². The number of hydrogen-bond acceptors (Lipinski definition) is 2. The third-order valence-corrected chi connectivity index (χ3v) is 2.01. The van der Waals surface area contributed by atoms with Gasteiger partial charge in [0.25, 0.3) is 0 Å². The Bertz CT molecular complexity index is 370. The van der Waals surface area contributed by atoms with Crippen molar-refractivity contribution in [1.29, 1.82) is 0 Å². The van der Waals surface area contributed by atoms with Gasteiger partial charge in [-0.3, -0.25) is 4.79 Å². The smallest absolute Gasteiger partial charge is 0.330 e. The number of aryl methyl sites for hydroxylation is 1.